The Morgan fingerprint density at radius 1 is 1.48 bits per heavy atom. The lowest BCUT2D eigenvalue weighted by Crippen LogP contribution is -2.11. The second kappa shape index (κ2) is 9.20. The van der Waals surface area contributed by atoms with Crippen molar-refractivity contribution in [2.24, 2.45) is 7.05 Å². The summed E-state index contributed by atoms with van der Waals surface area (Å²) in [4.78, 5) is 27.0. The van der Waals surface area contributed by atoms with Gasteiger partial charge in [0.2, 0.25) is 5.95 Å². The molecule has 4 N–H and O–H groups in total. The summed E-state index contributed by atoms with van der Waals surface area (Å²) in [6.45, 7) is 5.44. The highest BCUT2D eigenvalue weighted by Gasteiger charge is 2.10. The van der Waals surface area contributed by atoms with Gasteiger partial charge in [-0.1, -0.05) is 13.8 Å². The van der Waals surface area contributed by atoms with Crippen molar-refractivity contribution in [3.05, 3.63) is 22.1 Å². The number of aromatic nitrogens is 3. The molecule has 2 rings (SSSR count). The summed E-state index contributed by atoms with van der Waals surface area (Å²) >= 11 is 0. The smallest absolute Gasteiger partial charge is 0.263 e. The summed E-state index contributed by atoms with van der Waals surface area (Å²) < 4.78 is 1.72. The lowest BCUT2D eigenvalue weighted by atomic mass is 10.2. The van der Waals surface area contributed by atoms with Crippen LogP contribution in [0.25, 0.3) is 11.0 Å². The predicted octanol–water partition coefficient (Wildman–Crippen LogP) is 0.604. The van der Waals surface area contributed by atoms with Gasteiger partial charge in [0.15, 0.2) is 5.65 Å². The first kappa shape index (κ1) is 18.2. The highest BCUT2D eigenvalue weighted by atomic mass is 16.1. The molecule has 0 aromatic carbocycles. The largest absolute Gasteiger partial charge is 0.369 e. The minimum Gasteiger partial charge on any atom is -0.369 e. The Labute approximate surface area is 123 Å². The van der Waals surface area contributed by atoms with Crippen LogP contribution in [0.4, 0.5) is 5.95 Å². The number of aromatic amines is 1. The molecule has 2 aromatic heterocycles. The Balaban J connectivity index is 0.000000713. The molecule has 7 heteroatoms. The van der Waals surface area contributed by atoms with E-state index < -0.39 is 0 Å². The third-order valence-corrected chi connectivity index (χ3v) is 2.17. The van der Waals surface area contributed by atoms with E-state index in [-0.39, 0.29) is 11.5 Å². The molecule has 2 heterocycles. The Bertz CT molecular complexity index is 704. The number of carbonyl (C=O) groups is 1. The molecule has 21 heavy (non-hydrogen) atoms. The van der Waals surface area contributed by atoms with Crippen LogP contribution in [0.1, 0.15) is 26.3 Å². The summed E-state index contributed by atoms with van der Waals surface area (Å²) in [7, 11) is 3.50. The third kappa shape index (κ3) is 4.69. The second-order valence-corrected chi connectivity index (χ2v) is 3.54. The highest BCUT2D eigenvalue weighted by molar-refractivity contribution is 5.83. The molecular formula is C14H21N5O2. The summed E-state index contributed by atoms with van der Waals surface area (Å²) in [6.07, 6.45) is 2.50. The molecule has 0 aliphatic carbocycles. The molecule has 114 valence electrons. The van der Waals surface area contributed by atoms with Crippen LogP contribution in [-0.4, -0.2) is 27.9 Å². The van der Waals surface area contributed by atoms with Crippen molar-refractivity contribution in [3.63, 3.8) is 0 Å². The van der Waals surface area contributed by atoms with Crippen molar-refractivity contribution in [2.45, 2.75) is 20.8 Å². The van der Waals surface area contributed by atoms with Gasteiger partial charge in [-0.15, -0.1) is 0 Å². The van der Waals surface area contributed by atoms with Gasteiger partial charge in [0.25, 0.3) is 5.56 Å². The summed E-state index contributed by atoms with van der Waals surface area (Å²) in [5.41, 5.74) is 6.35. The Morgan fingerprint density at radius 2 is 2.05 bits per heavy atom. The van der Waals surface area contributed by atoms with Gasteiger partial charge in [0, 0.05) is 26.3 Å². The molecule has 0 amide bonds. The maximum absolute atomic E-state index is 11.7. The lowest BCUT2D eigenvalue weighted by molar-refractivity contribution is -0.106. The van der Waals surface area contributed by atoms with Gasteiger partial charge < -0.3 is 20.4 Å². The van der Waals surface area contributed by atoms with Crippen LogP contribution in [0.3, 0.4) is 0 Å². The van der Waals surface area contributed by atoms with Crippen LogP contribution in [0, 0.1) is 12.0 Å². The quantitative estimate of drug-likeness (QED) is 0.374. The van der Waals surface area contributed by atoms with Crippen LogP contribution in [0.5, 0.6) is 0 Å². The number of hydrogen-bond donors (Lipinski definition) is 3. The Hall–Kier alpha value is -2.75. The van der Waals surface area contributed by atoms with Crippen molar-refractivity contribution in [1.82, 2.24) is 19.9 Å². The van der Waals surface area contributed by atoms with Crippen molar-refractivity contribution in [2.75, 3.05) is 12.8 Å². The van der Waals surface area contributed by atoms with E-state index >= 15 is 0 Å². The first-order valence-electron chi connectivity index (χ1n) is 6.47. The average Bonchev–Trinajstić information content (AvgIpc) is 2.76. The zero-order chi connectivity index (χ0) is 16.4. The molecule has 7 nitrogen and oxygen atoms in total. The fourth-order valence-electron chi connectivity index (χ4n) is 1.52. The van der Waals surface area contributed by atoms with E-state index in [0.29, 0.717) is 16.6 Å². The zero-order valence-corrected chi connectivity index (χ0v) is 12.9. The van der Waals surface area contributed by atoms with Gasteiger partial charge in [0.05, 0.1) is 10.9 Å². The second-order valence-electron chi connectivity index (χ2n) is 3.54. The molecule has 0 saturated carbocycles. The van der Waals surface area contributed by atoms with Crippen molar-refractivity contribution >= 4 is 23.3 Å². The Morgan fingerprint density at radius 3 is 2.57 bits per heavy atom. The summed E-state index contributed by atoms with van der Waals surface area (Å²) in [5, 5.41) is 3.15. The minimum atomic E-state index is -0.275. The summed E-state index contributed by atoms with van der Waals surface area (Å²) in [5.74, 6) is 2.94. The molecular weight excluding hydrogens is 270 g/mol. The first-order chi connectivity index (χ1) is 10.0. The van der Waals surface area contributed by atoms with E-state index in [2.05, 4.69) is 27.2 Å². The predicted molar refractivity (Wildman–Crippen MR) is 84.8 cm³/mol. The molecule has 0 spiro atoms. The number of carbonyl (C=O) groups excluding carboxylic acids is 1. The van der Waals surface area contributed by atoms with Crippen LogP contribution in [0.15, 0.2) is 11.0 Å². The number of anilines is 1. The molecule has 0 fully saturated rings. The molecule has 0 radical (unpaired) electrons. The van der Waals surface area contributed by atoms with E-state index in [9.17, 15) is 4.79 Å². The number of hydrogen-bond acceptors (Lipinski definition) is 5. The number of nitrogen functional groups attached to an aromatic ring is 1. The molecule has 0 saturated heterocycles. The standard InChI is InChI=1S/C10H11N5O.C2H4O.C2H6/c1-12-4-3-6-5-15(2)8-7(6)9(16)14-10(11)13-8;1-2-3;1-2/h5,12H,1-2H3,(H3,11,13,14,16);2H,1H3;1-2H3. The average molecular weight is 291 g/mol. The van der Waals surface area contributed by atoms with Crippen LogP contribution in [-0.2, 0) is 11.8 Å². The number of nitrogens with zero attached hydrogens (tertiary/aromatic N) is 2. The fraction of sp³-hybridized carbons (Fsp3) is 0.357. The maximum Gasteiger partial charge on any atom is 0.263 e. The van der Waals surface area contributed by atoms with Gasteiger partial charge in [-0.25, -0.2) is 0 Å². The van der Waals surface area contributed by atoms with E-state index in [1.165, 1.54) is 6.92 Å². The van der Waals surface area contributed by atoms with E-state index in [4.69, 9.17) is 10.5 Å². The monoisotopic (exact) mass is 291 g/mol. The maximum atomic E-state index is 11.7. The number of aldehydes is 1. The normalized spacial score (nSPS) is 8.43. The van der Waals surface area contributed by atoms with E-state index in [0.717, 1.165) is 6.29 Å². The number of H-pyrrole nitrogens is 1. The van der Waals surface area contributed by atoms with E-state index in [1.54, 1.807) is 24.9 Å². The highest BCUT2D eigenvalue weighted by Crippen LogP contribution is 2.13. The molecule has 0 aliphatic rings. The fourth-order valence-corrected chi connectivity index (χ4v) is 1.52. The van der Waals surface area contributed by atoms with Crippen molar-refractivity contribution < 1.29 is 4.79 Å². The van der Waals surface area contributed by atoms with Gasteiger partial charge in [-0.05, 0) is 12.8 Å². The molecule has 0 aliphatic heterocycles. The minimum absolute atomic E-state index is 0.104. The zero-order valence-electron chi connectivity index (χ0n) is 12.9. The summed E-state index contributed by atoms with van der Waals surface area (Å²) in [6, 6.07) is 2.69. The first-order valence-corrected chi connectivity index (χ1v) is 6.47. The molecule has 0 unspecified atom stereocenters. The lowest BCUT2D eigenvalue weighted by Gasteiger charge is -1.95. The number of nitrogens with one attached hydrogen (secondary N) is 2. The van der Waals surface area contributed by atoms with E-state index in [1.807, 2.05) is 13.8 Å². The topological polar surface area (TPSA) is 106 Å². The number of aryl methyl sites for hydroxylation is 1. The van der Waals surface area contributed by atoms with Crippen molar-refractivity contribution in [1.29, 1.82) is 0 Å². The van der Waals surface area contributed by atoms with Crippen LogP contribution in [0.2, 0.25) is 0 Å². The van der Waals surface area contributed by atoms with Gasteiger partial charge >= 0.3 is 0 Å². The molecule has 0 bridgehead atoms. The molecule has 2 aromatic rings. The SMILES string of the molecule is CC.CC=O.CNC#Cc1cn(C)c2nc(N)[nH]c(=O)c12. The number of rotatable bonds is 0. The van der Waals surface area contributed by atoms with Crippen LogP contribution < -0.4 is 16.6 Å². The number of fused-ring (bicyclic) bond motifs is 1. The van der Waals surface area contributed by atoms with Gasteiger partial charge in [-0.2, -0.15) is 4.98 Å². The Kier molecular flexibility index (Phi) is 8.00. The van der Waals surface area contributed by atoms with Crippen LogP contribution >= 0.6 is 0 Å². The van der Waals surface area contributed by atoms with Gasteiger partial charge in [-0.3, -0.25) is 9.78 Å². The number of nitrogens with two attached hydrogens (primary N) is 1. The van der Waals surface area contributed by atoms with Crippen molar-refractivity contribution in [3.8, 4) is 12.0 Å². The van der Waals surface area contributed by atoms with Gasteiger partial charge in [0.1, 0.15) is 6.29 Å². The molecule has 0 atom stereocenters. The third-order valence-electron chi connectivity index (χ3n) is 2.17.